The third-order valence-corrected chi connectivity index (χ3v) is 4.39. The monoisotopic (exact) mass is 380 g/mol. The molecule has 7 nitrogen and oxygen atoms in total. The Hall–Kier alpha value is -3.35. The number of anilines is 1. The van der Waals surface area contributed by atoms with E-state index in [1.165, 1.54) is 4.57 Å². The molecule has 0 aliphatic rings. The van der Waals surface area contributed by atoms with E-state index >= 15 is 0 Å². The van der Waals surface area contributed by atoms with Crippen molar-refractivity contribution in [1.82, 2.24) is 14.5 Å². The molecule has 0 bridgehead atoms. The molecule has 1 heterocycles. The normalized spacial score (nSPS) is 11.0. The Labute approximate surface area is 163 Å². The van der Waals surface area contributed by atoms with Gasteiger partial charge in [0.1, 0.15) is 6.54 Å². The van der Waals surface area contributed by atoms with Gasteiger partial charge in [-0.15, -0.1) is 0 Å². The summed E-state index contributed by atoms with van der Waals surface area (Å²) in [6, 6.07) is 14.1. The molecule has 2 amide bonds. The van der Waals surface area contributed by atoms with E-state index in [9.17, 15) is 14.4 Å². The molecule has 0 aliphatic carbocycles. The highest BCUT2D eigenvalue weighted by atomic mass is 16.2. The van der Waals surface area contributed by atoms with Gasteiger partial charge in [-0.05, 0) is 57.2 Å². The van der Waals surface area contributed by atoms with E-state index in [0.29, 0.717) is 17.8 Å². The molecule has 0 saturated heterocycles. The molecule has 3 aromatic rings. The third kappa shape index (κ3) is 3.98. The molecular weight excluding hydrogens is 356 g/mol. The number of para-hydroxylation sites is 2. The summed E-state index contributed by atoms with van der Waals surface area (Å²) in [5.74, 6) is -0.465. The Kier molecular flexibility index (Phi) is 5.63. The van der Waals surface area contributed by atoms with Crippen LogP contribution in [-0.2, 0) is 17.9 Å². The molecule has 0 fully saturated rings. The highest BCUT2D eigenvalue weighted by Gasteiger charge is 2.14. The van der Waals surface area contributed by atoms with Gasteiger partial charge in [-0.1, -0.05) is 12.1 Å². The lowest BCUT2D eigenvalue weighted by Crippen LogP contribution is -2.30. The molecule has 0 atom stereocenters. The summed E-state index contributed by atoms with van der Waals surface area (Å²) in [7, 11) is 0. The Bertz CT molecular complexity index is 1060. The van der Waals surface area contributed by atoms with Crippen molar-refractivity contribution in [2.75, 3.05) is 5.32 Å². The molecule has 0 unspecified atom stereocenters. The van der Waals surface area contributed by atoms with Crippen molar-refractivity contribution >= 4 is 28.5 Å². The molecule has 0 spiro atoms. The minimum absolute atomic E-state index is 0.0513. The second kappa shape index (κ2) is 8.12. The standard InChI is InChI=1S/C21H24N4O3/c1-4-24-17-7-5-6-8-18(17)25(21(24)28)13-19(26)23-16-11-9-15(10-12-16)20(27)22-14(2)3/h5-12,14H,4,13H2,1-3H3,(H,22,27)(H,23,26). The van der Waals surface area contributed by atoms with Crippen LogP contribution >= 0.6 is 0 Å². The second-order valence-corrected chi connectivity index (χ2v) is 6.86. The van der Waals surface area contributed by atoms with Gasteiger partial charge in [-0.3, -0.25) is 18.7 Å². The maximum atomic E-state index is 12.6. The summed E-state index contributed by atoms with van der Waals surface area (Å²) >= 11 is 0. The molecule has 7 heteroatoms. The van der Waals surface area contributed by atoms with Crippen LogP contribution in [0.5, 0.6) is 0 Å². The SMILES string of the molecule is CCn1c(=O)n(CC(=O)Nc2ccc(C(=O)NC(C)C)cc2)c2ccccc21. The second-order valence-electron chi connectivity index (χ2n) is 6.86. The lowest BCUT2D eigenvalue weighted by Gasteiger charge is -2.10. The molecule has 0 radical (unpaired) electrons. The number of imidazole rings is 1. The van der Waals surface area contributed by atoms with E-state index in [-0.39, 0.29) is 30.1 Å². The number of hydrogen-bond donors (Lipinski definition) is 2. The van der Waals surface area contributed by atoms with Crippen molar-refractivity contribution in [1.29, 1.82) is 0 Å². The Morgan fingerprint density at radius 3 is 2.14 bits per heavy atom. The highest BCUT2D eigenvalue weighted by Crippen LogP contribution is 2.14. The minimum atomic E-state index is -0.305. The number of carbonyl (C=O) groups is 2. The summed E-state index contributed by atoms with van der Waals surface area (Å²) in [6.07, 6.45) is 0. The van der Waals surface area contributed by atoms with Crippen LogP contribution in [0.4, 0.5) is 5.69 Å². The molecule has 146 valence electrons. The number of nitrogens with zero attached hydrogens (tertiary/aromatic N) is 2. The summed E-state index contributed by atoms with van der Waals surface area (Å²) in [6.45, 7) is 6.14. The molecule has 2 N–H and O–H groups in total. The molecule has 28 heavy (non-hydrogen) atoms. The molecule has 1 aromatic heterocycles. The largest absolute Gasteiger partial charge is 0.350 e. The number of amides is 2. The van der Waals surface area contributed by atoms with Crippen molar-refractivity contribution in [3.63, 3.8) is 0 Å². The molecule has 2 aromatic carbocycles. The number of benzene rings is 2. The molecular formula is C21H24N4O3. The zero-order valence-electron chi connectivity index (χ0n) is 16.2. The van der Waals surface area contributed by atoms with Gasteiger partial charge in [0.25, 0.3) is 5.91 Å². The first kappa shape index (κ1) is 19.4. The zero-order valence-corrected chi connectivity index (χ0v) is 16.2. The Balaban J connectivity index is 1.75. The summed E-state index contributed by atoms with van der Waals surface area (Å²) in [5, 5.41) is 5.59. The van der Waals surface area contributed by atoms with Gasteiger partial charge < -0.3 is 10.6 Å². The fourth-order valence-electron chi connectivity index (χ4n) is 3.13. The van der Waals surface area contributed by atoms with Gasteiger partial charge in [-0.2, -0.15) is 0 Å². The van der Waals surface area contributed by atoms with E-state index < -0.39 is 0 Å². The first-order valence-corrected chi connectivity index (χ1v) is 9.29. The van der Waals surface area contributed by atoms with E-state index in [1.807, 2.05) is 45.0 Å². The van der Waals surface area contributed by atoms with Crippen LogP contribution in [0.3, 0.4) is 0 Å². The first-order valence-electron chi connectivity index (χ1n) is 9.29. The zero-order chi connectivity index (χ0) is 20.3. The third-order valence-electron chi connectivity index (χ3n) is 4.39. The van der Waals surface area contributed by atoms with Crippen molar-refractivity contribution in [2.45, 2.75) is 39.9 Å². The van der Waals surface area contributed by atoms with Crippen LogP contribution in [0.1, 0.15) is 31.1 Å². The van der Waals surface area contributed by atoms with Crippen molar-refractivity contribution in [3.8, 4) is 0 Å². The van der Waals surface area contributed by atoms with Crippen LogP contribution in [0.15, 0.2) is 53.3 Å². The number of carbonyl (C=O) groups excluding carboxylic acids is 2. The predicted octanol–water partition coefficient (Wildman–Crippen LogP) is 2.60. The van der Waals surface area contributed by atoms with Crippen molar-refractivity contribution in [2.24, 2.45) is 0 Å². The van der Waals surface area contributed by atoms with Crippen LogP contribution in [0.25, 0.3) is 11.0 Å². The fourth-order valence-corrected chi connectivity index (χ4v) is 3.13. The average Bonchev–Trinajstić information content (AvgIpc) is 2.93. The summed E-state index contributed by atoms with van der Waals surface area (Å²) in [5.41, 5.74) is 2.42. The maximum Gasteiger partial charge on any atom is 0.329 e. The van der Waals surface area contributed by atoms with Crippen LogP contribution in [-0.4, -0.2) is 27.0 Å². The first-order chi connectivity index (χ1) is 13.4. The average molecular weight is 380 g/mol. The van der Waals surface area contributed by atoms with Gasteiger partial charge >= 0.3 is 5.69 Å². The lowest BCUT2D eigenvalue weighted by molar-refractivity contribution is -0.116. The van der Waals surface area contributed by atoms with Gasteiger partial charge in [-0.25, -0.2) is 4.79 Å². The Morgan fingerprint density at radius 2 is 1.57 bits per heavy atom. The predicted molar refractivity (Wildman–Crippen MR) is 110 cm³/mol. The quantitative estimate of drug-likeness (QED) is 0.689. The van der Waals surface area contributed by atoms with Gasteiger partial charge in [0.05, 0.1) is 11.0 Å². The molecule has 0 aliphatic heterocycles. The maximum absolute atomic E-state index is 12.6. The molecule has 3 rings (SSSR count). The minimum Gasteiger partial charge on any atom is -0.350 e. The van der Waals surface area contributed by atoms with Gasteiger partial charge in [0.15, 0.2) is 0 Å². The van der Waals surface area contributed by atoms with Crippen LogP contribution in [0, 0.1) is 0 Å². The van der Waals surface area contributed by atoms with Crippen LogP contribution < -0.4 is 16.3 Å². The number of fused-ring (bicyclic) bond motifs is 1. The number of rotatable bonds is 6. The molecule has 0 saturated carbocycles. The van der Waals surface area contributed by atoms with Crippen molar-refractivity contribution < 1.29 is 9.59 Å². The summed E-state index contributed by atoms with van der Waals surface area (Å²) < 4.78 is 3.11. The van der Waals surface area contributed by atoms with Gasteiger partial charge in [0, 0.05) is 23.8 Å². The van der Waals surface area contributed by atoms with E-state index in [4.69, 9.17) is 0 Å². The van der Waals surface area contributed by atoms with Crippen molar-refractivity contribution in [3.05, 3.63) is 64.6 Å². The van der Waals surface area contributed by atoms with Gasteiger partial charge in [0.2, 0.25) is 5.91 Å². The van der Waals surface area contributed by atoms with E-state index in [1.54, 1.807) is 28.8 Å². The van der Waals surface area contributed by atoms with Crippen LogP contribution in [0.2, 0.25) is 0 Å². The number of nitrogens with one attached hydrogen (secondary N) is 2. The Morgan fingerprint density at radius 1 is 0.964 bits per heavy atom. The smallest absolute Gasteiger partial charge is 0.329 e. The number of aromatic nitrogens is 2. The topological polar surface area (TPSA) is 85.1 Å². The lowest BCUT2D eigenvalue weighted by atomic mass is 10.2. The summed E-state index contributed by atoms with van der Waals surface area (Å²) in [4.78, 5) is 37.1. The van der Waals surface area contributed by atoms with E-state index in [2.05, 4.69) is 10.6 Å². The fraction of sp³-hybridized carbons (Fsp3) is 0.286. The van der Waals surface area contributed by atoms with E-state index in [0.717, 1.165) is 11.0 Å². The highest BCUT2D eigenvalue weighted by molar-refractivity contribution is 5.96. The number of aryl methyl sites for hydroxylation is 1. The number of hydrogen-bond acceptors (Lipinski definition) is 3.